The van der Waals surface area contributed by atoms with Crippen LogP contribution in [0.5, 0.6) is 0 Å². The summed E-state index contributed by atoms with van der Waals surface area (Å²) in [5, 5.41) is 3.20. The van der Waals surface area contributed by atoms with Gasteiger partial charge in [-0.05, 0) is 49.9 Å². The minimum Gasteiger partial charge on any atom is -0.348 e. The molecule has 4 heteroatoms. The van der Waals surface area contributed by atoms with Crippen LogP contribution in [0.25, 0.3) is 0 Å². The predicted molar refractivity (Wildman–Crippen MR) is 105 cm³/mol. The Morgan fingerprint density at radius 2 is 1.88 bits per heavy atom. The summed E-state index contributed by atoms with van der Waals surface area (Å²) >= 11 is 0. The molecular formula is C22H27N3O. The summed E-state index contributed by atoms with van der Waals surface area (Å²) in [6.45, 7) is 2.23. The van der Waals surface area contributed by atoms with E-state index in [0.717, 1.165) is 24.9 Å². The molecule has 1 saturated carbocycles. The van der Waals surface area contributed by atoms with Crippen LogP contribution in [0.2, 0.25) is 0 Å². The van der Waals surface area contributed by atoms with Crippen molar-refractivity contribution in [3.8, 4) is 0 Å². The number of aromatic nitrogens is 1. The lowest BCUT2D eigenvalue weighted by atomic mass is 10.1. The van der Waals surface area contributed by atoms with Crippen LogP contribution in [0, 0.1) is 0 Å². The van der Waals surface area contributed by atoms with Crippen LogP contribution in [-0.2, 0) is 6.42 Å². The minimum absolute atomic E-state index is 0.0427. The molecule has 1 unspecified atom stereocenters. The second-order valence-corrected chi connectivity index (χ2v) is 7.61. The lowest BCUT2D eigenvalue weighted by Gasteiger charge is -2.25. The van der Waals surface area contributed by atoms with Crippen LogP contribution in [0.3, 0.4) is 0 Å². The number of fused-ring (bicyclic) bond motifs is 1. The highest BCUT2D eigenvalue weighted by atomic mass is 16.1. The van der Waals surface area contributed by atoms with Gasteiger partial charge >= 0.3 is 0 Å². The number of nitrogens with zero attached hydrogens (tertiary/aromatic N) is 2. The average molecular weight is 349 g/mol. The smallest absolute Gasteiger partial charge is 0.270 e. The number of carbonyl (C=O) groups excluding carboxylic acids is 1. The summed E-state index contributed by atoms with van der Waals surface area (Å²) in [6.07, 6.45) is 9.94. The number of anilines is 2. The van der Waals surface area contributed by atoms with Gasteiger partial charge in [0.15, 0.2) is 0 Å². The van der Waals surface area contributed by atoms with Crippen LogP contribution in [0.1, 0.15) is 61.5 Å². The Kier molecular flexibility index (Phi) is 4.91. The number of hydrogen-bond donors (Lipinski definition) is 1. The fraction of sp³-hybridized carbons (Fsp3) is 0.455. The zero-order valence-electron chi connectivity index (χ0n) is 15.4. The Hall–Kier alpha value is -2.36. The summed E-state index contributed by atoms with van der Waals surface area (Å²) in [5.74, 6) is -0.0427. The van der Waals surface area contributed by atoms with Crippen molar-refractivity contribution in [3.05, 3.63) is 53.9 Å². The fourth-order valence-corrected chi connectivity index (χ4v) is 4.34. The maximum absolute atomic E-state index is 12.7. The van der Waals surface area contributed by atoms with Crippen LogP contribution >= 0.6 is 0 Å². The molecule has 0 bridgehead atoms. The molecule has 1 amide bonds. The van der Waals surface area contributed by atoms with E-state index >= 15 is 0 Å². The van der Waals surface area contributed by atoms with Gasteiger partial charge in [0.1, 0.15) is 5.69 Å². The van der Waals surface area contributed by atoms with Gasteiger partial charge in [0.2, 0.25) is 0 Å². The third-order valence-electron chi connectivity index (χ3n) is 5.65. The van der Waals surface area contributed by atoms with E-state index in [-0.39, 0.29) is 5.91 Å². The maximum atomic E-state index is 12.7. The lowest BCUT2D eigenvalue weighted by molar-refractivity contribution is 0.0928. The number of benzene rings is 1. The first-order valence-electron chi connectivity index (χ1n) is 9.86. The van der Waals surface area contributed by atoms with Crippen molar-refractivity contribution in [1.29, 1.82) is 0 Å². The van der Waals surface area contributed by atoms with E-state index in [9.17, 15) is 4.79 Å². The molecule has 1 aromatic heterocycles. The summed E-state index contributed by atoms with van der Waals surface area (Å²) < 4.78 is 0. The Labute approximate surface area is 155 Å². The predicted octanol–water partition coefficient (Wildman–Crippen LogP) is 4.62. The summed E-state index contributed by atoms with van der Waals surface area (Å²) in [7, 11) is 0. The number of rotatable bonds is 3. The SMILES string of the molecule is CC1Cc2ccccc2N1c1ccnc(C(=O)NC2CCCCCC2)c1. The van der Waals surface area contributed by atoms with Crippen molar-refractivity contribution >= 4 is 17.3 Å². The van der Waals surface area contributed by atoms with Gasteiger partial charge in [0.05, 0.1) is 0 Å². The molecule has 4 nitrogen and oxygen atoms in total. The Balaban J connectivity index is 1.54. The summed E-state index contributed by atoms with van der Waals surface area (Å²) in [5.41, 5.74) is 4.16. The fourth-order valence-electron chi connectivity index (χ4n) is 4.34. The molecule has 2 aromatic rings. The van der Waals surface area contributed by atoms with Gasteiger partial charge in [-0.3, -0.25) is 9.78 Å². The van der Waals surface area contributed by atoms with Gasteiger partial charge in [-0.15, -0.1) is 0 Å². The first-order chi connectivity index (χ1) is 12.7. The zero-order valence-corrected chi connectivity index (χ0v) is 15.4. The number of para-hydroxylation sites is 1. The molecule has 2 heterocycles. The van der Waals surface area contributed by atoms with Gasteiger partial charge < -0.3 is 10.2 Å². The molecule has 0 saturated heterocycles. The van der Waals surface area contributed by atoms with Crippen molar-refractivity contribution in [2.45, 2.75) is 64.0 Å². The van der Waals surface area contributed by atoms with E-state index < -0.39 is 0 Å². The van der Waals surface area contributed by atoms with Gasteiger partial charge in [0, 0.05) is 29.7 Å². The Bertz CT molecular complexity index is 780. The van der Waals surface area contributed by atoms with Crippen molar-refractivity contribution in [1.82, 2.24) is 10.3 Å². The molecule has 1 aromatic carbocycles. The van der Waals surface area contributed by atoms with Crippen LogP contribution in [0.15, 0.2) is 42.6 Å². The summed E-state index contributed by atoms with van der Waals surface area (Å²) in [6, 6.07) is 13.1. The average Bonchev–Trinajstić information content (AvgIpc) is 2.80. The first-order valence-corrected chi connectivity index (χ1v) is 9.86. The molecular weight excluding hydrogens is 322 g/mol. The van der Waals surface area contributed by atoms with Crippen LogP contribution in [0.4, 0.5) is 11.4 Å². The van der Waals surface area contributed by atoms with E-state index in [1.54, 1.807) is 6.20 Å². The van der Waals surface area contributed by atoms with E-state index in [1.807, 2.05) is 12.1 Å². The molecule has 1 N–H and O–H groups in total. The largest absolute Gasteiger partial charge is 0.348 e. The van der Waals surface area contributed by atoms with Gasteiger partial charge in [-0.2, -0.15) is 0 Å². The third kappa shape index (κ3) is 3.46. The summed E-state index contributed by atoms with van der Waals surface area (Å²) in [4.78, 5) is 19.4. The van der Waals surface area contributed by atoms with Crippen LogP contribution in [-0.4, -0.2) is 23.0 Å². The van der Waals surface area contributed by atoms with Gasteiger partial charge in [-0.25, -0.2) is 0 Å². The van der Waals surface area contributed by atoms with Crippen molar-refractivity contribution in [2.24, 2.45) is 0 Å². The standard InChI is InChI=1S/C22H27N3O/c1-16-14-17-8-6-7-11-21(17)25(16)19-12-13-23-20(15-19)22(26)24-18-9-4-2-3-5-10-18/h6-8,11-13,15-16,18H,2-5,9-10,14H2,1H3,(H,24,26). The third-order valence-corrected chi connectivity index (χ3v) is 5.65. The van der Waals surface area contributed by atoms with E-state index in [2.05, 4.69) is 46.4 Å². The van der Waals surface area contributed by atoms with Crippen molar-refractivity contribution in [3.63, 3.8) is 0 Å². The van der Waals surface area contributed by atoms with E-state index in [0.29, 0.717) is 17.8 Å². The number of nitrogens with one attached hydrogen (secondary N) is 1. The van der Waals surface area contributed by atoms with E-state index in [4.69, 9.17) is 0 Å². The van der Waals surface area contributed by atoms with Crippen LogP contribution < -0.4 is 10.2 Å². The van der Waals surface area contributed by atoms with E-state index in [1.165, 1.54) is 36.9 Å². The number of hydrogen-bond acceptors (Lipinski definition) is 3. The first kappa shape index (κ1) is 17.1. The maximum Gasteiger partial charge on any atom is 0.270 e. The highest BCUT2D eigenvalue weighted by Crippen LogP contribution is 2.38. The molecule has 1 atom stereocenters. The van der Waals surface area contributed by atoms with Gasteiger partial charge in [0.25, 0.3) is 5.91 Å². The molecule has 26 heavy (non-hydrogen) atoms. The molecule has 2 aliphatic rings. The molecule has 1 aliphatic carbocycles. The number of amides is 1. The molecule has 136 valence electrons. The molecule has 1 fully saturated rings. The monoisotopic (exact) mass is 349 g/mol. The highest BCUT2D eigenvalue weighted by Gasteiger charge is 2.27. The second kappa shape index (κ2) is 7.48. The minimum atomic E-state index is -0.0427. The lowest BCUT2D eigenvalue weighted by Crippen LogP contribution is -2.35. The van der Waals surface area contributed by atoms with Crippen molar-refractivity contribution < 1.29 is 4.79 Å². The van der Waals surface area contributed by atoms with Gasteiger partial charge in [-0.1, -0.05) is 43.9 Å². The number of carbonyl (C=O) groups is 1. The second-order valence-electron chi connectivity index (χ2n) is 7.61. The molecule has 1 aliphatic heterocycles. The van der Waals surface area contributed by atoms with Crippen molar-refractivity contribution in [2.75, 3.05) is 4.90 Å². The molecule has 4 rings (SSSR count). The normalized spacial score (nSPS) is 20.5. The number of pyridine rings is 1. The highest BCUT2D eigenvalue weighted by molar-refractivity contribution is 5.93. The Morgan fingerprint density at radius 3 is 2.69 bits per heavy atom. The topological polar surface area (TPSA) is 45.2 Å². The molecule has 0 radical (unpaired) electrons. The quantitative estimate of drug-likeness (QED) is 0.823. The zero-order chi connectivity index (χ0) is 17.9. The molecule has 0 spiro atoms. The Morgan fingerprint density at radius 1 is 1.12 bits per heavy atom.